The van der Waals surface area contributed by atoms with Gasteiger partial charge in [-0.1, -0.05) is 45.0 Å². The van der Waals surface area contributed by atoms with Crippen LogP contribution in [0.2, 0.25) is 0 Å². The second-order valence-corrected chi connectivity index (χ2v) is 11.5. The van der Waals surface area contributed by atoms with Gasteiger partial charge in [0.1, 0.15) is 11.6 Å². The van der Waals surface area contributed by atoms with E-state index in [1.165, 1.54) is 11.1 Å². The Bertz CT molecular complexity index is 1210. The molecule has 0 spiro atoms. The molecule has 0 aliphatic heterocycles. The number of ether oxygens (including phenoxy) is 1. The molecule has 5 heteroatoms. The van der Waals surface area contributed by atoms with Crippen molar-refractivity contribution in [1.29, 1.82) is 0 Å². The van der Waals surface area contributed by atoms with E-state index < -0.39 is 0 Å². The fraction of sp³-hybridized carbons (Fsp3) is 0.484. The number of methoxy groups -OCH3 is 1. The monoisotopic (exact) mass is 488 g/mol. The molecule has 1 fully saturated rings. The van der Waals surface area contributed by atoms with Gasteiger partial charge in [0.25, 0.3) is 0 Å². The largest absolute Gasteiger partial charge is 0.496 e. The van der Waals surface area contributed by atoms with Gasteiger partial charge in [0, 0.05) is 24.5 Å². The number of aromatic nitrogens is 1. The van der Waals surface area contributed by atoms with Gasteiger partial charge in [0.15, 0.2) is 0 Å². The van der Waals surface area contributed by atoms with Gasteiger partial charge >= 0.3 is 0 Å². The minimum absolute atomic E-state index is 0.00275. The van der Waals surface area contributed by atoms with Crippen molar-refractivity contribution in [2.45, 2.75) is 72.3 Å². The summed E-state index contributed by atoms with van der Waals surface area (Å²) in [5.74, 6) is 2.80. The first-order chi connectivity index (χ1) is 17.2. The molecule has 5 nitrogen and oxygen atoms in total. The maximum Gasteiger partial charge on any atom is 0.228 e. The molecule has 1 N–H and O–H groups in total. The minimum Gasteiger partial charge on any atom is -0.496 e. The number of aliphatic hydroxyl groups excluding tert-OH is 1. The van der Waals surface area contributed by atoms with E-state index in [9.17, 15) is 9.90 Å². The zero-order valence-electron chi connectivity index (χ0n) is 22.4. The van der Waals surface area contributed by atoms with Crippen LogP contribution in [0.4, 0.5) is 5.82 Å². The van der Waals surface area contributed by atoms with Crippen molar-refractivity contribution < 1.29 is 14.6 Å². The van der Waals surface area contributed by atoms with Gasteiger partial charge in [-0.05, 0) is 90.1 Å². The number of nitrogens with zero attached hydrogens (tertiary/aromatic N) is 2. The summed E-state index contributed by atoms with van der Waals surface area (Å²) < 4.78 is 5.43. The third-order valence-electron chi connectivity index (χ3n) is 7.41. The number of aryl methyl sites for hydroxylation is 1. The highest BCUT2D eigenvalue weighted by molar-refractivity contribution is 6.02. The number of pyridine rings is 1. The lowest BCUT2D eigenvalue weighted by Gasteiger charge is -2.34. The van der Waals surface area contributed by atoms with E-state index in [1.807, 2.05) is 29.2 Å². The van der Waals surface area contributed by atoms with Crippen molar-refractivity contribution in [3.63, 3.8) is 0 Å². The molecule has 1 saturated carbocycles. The van der Waals surface area contributed by atoms with Gasteiger partial charge < -0.3 is 9.84 Å². The molecule has 1 aromatic heterocycles. The predicted octanol–water partition coefficient (Wildman–Crippen LogP) is 6.79. The van der Waals surface area contributed by atoms with Crippen LogP contribution in [0, 0.1) is 18.3 Å². The number of rotatable bonds is 7. The third kappa shape index (κ3) is 6.07. The van der Waals surface area contributed by atoms with Crippen LogP contribution in [0.5, 0.6) is 5.75 Å². The summed E-state index contributed by atoms with van der Waals surface area (Å²) in [6.07, 6.45) is 6.68. The minimum atomic E-state index is -0.103. The number of amides is 1. The standard InChI is InChI=1S/C31H40N2O3/c1-21-16-25(11-13-28(21)36-5)24-9-6-22(7-10-24)19-33(29(35)18-31(2,3)4)30-27-12-8-23(20-34)17-26(27)14-15-32-30/h8,11-17,22,24,34H,6-7,9-10,18-20H2,1-5H3/t22-,24-. The van der Waals surface area contributed by atoms with Crippen molar-refractivity contribution >= 4 is 22.5 Å². The first-order valence-corrected chi connectivity index (χ1v) is 13.1. The van der Waals surface area contributed by atoms with Crippen molar-refractivity contribution in [3.05, 3.63) is 65.4 Å². The fourth-order valence-electron chi connectivity index (χ4n) is 5.47. The average Bonchev–Trinajstić information content (AvgIpc) is 2.86. The van der Waals surface area contributed by atoms with E-state index >= 15 is 0 Å². The number of hydrogen-bond acceptors (Lipinski definition) is 4. The third-order valence-corrected chi connectivity index (χ3v) is 7.41. The fourth-order valence-corrected chi connectivity index (χ4v) is 5.47. The molecule has 4 rings (SSSR count). The van der Waals surface area contributed by atoms with E-state index in [1.54, 1.807) is 13.3 Å². The Morgan fingerprint density at radius 1 is 1.08 bits per heavy atom. The lowest BCUT2D eigenvalue weighted by molar-refractivity contribution is -0.120. The van der Waals surface area contributed by atoms with Gasteiger partial charge in [0.2, 0.25) is 5.91 Å². The number of carbonyl (C=O) groups is 1. The first kappa shape index (κ1) is 26.2. The molecule has 0 atom stereocenters. The molecule has 3 aromatic rings. The molecule has 0 saturated heterocycles. The van der Waals surface area contributed by atoms with E-state index in [4.69, 9.17) is 9.72 Å². The van der Waals surface area contributed by atoms with Gasteiger partial charge in [-0.2, -0.15) is 0 Å². The van der Waals surface area contributed by atoms with Gasteiger partial charge in [0.05, 0.1) is 13.7 Å². The van der Waals surface area contributed by atoms with E-state index in [0.717, 1.165) is 53.6 Å². The van der Waals surface area contributed by atoms with Gasteiger partial charge in [-0.15, -0.1) is 0 Å². The Balaban J connectivity index is 1.55. The molecular formula is C31H40N2O3. The Kier molecular flexibility index (Phi) is 7.99. The van der Waals surface area contributed by atoms with Gasteiger partial charge in [-0.3, -0.25) is 9.69 Å². The first-order valence-electron chi connectivity index (χ1n) is 13.1. The van der Waals surface area contributed by atoms with Crippen LogP contribution in [0.3, 0.4) is 0 Å². The maximum absolute atomic E-state index is 13.6. The summed E-state index contributed by atoms with van der Waals surface area (Å²) in [7, 11) is 1.72. The van der Waals surface area contributed by atoms with Crippen LogP contribution in [-0.2, 0) is 11.4 Å². The lowest BCUT2D eigenvalue weighted by Crippen LogP contribution is -2.39. The van der Waals surface area contributed by atoms with Crippen molar-refractivity contribution in [2.24, 2.45) is 11.3 Å². The molecule has 192 valence electrons. The normalized spacial score (nSPS) is 18.3. The van der Waals surface area contributed by atoms with E-state index in [-0.39, 0.29) is 17.9 Å². The highest BCUT2D eigenvalue weighted by atomic mass is 16.5. The highest BCUT2D eigenvalue weighted by Gasteiger charge is 2.29. The Labute approximate surface area is 215 Å². The van der Waals surface area contributed by atoms with Crippen molar-refractivity contribution in [3.8, 4) is 5.75 Å². The lowest BCUT2D eigenvalue weighted by atomic mass is 9.78. The molecular weight excluding hydrogens is 448 g/mol. The summed E-state index contributed by atoms with van der Waals surface area (Å²) in [5, 5.41) is 11.5. The second kappa shape index (κ2) is 11.0. The zero-order valence-corrected chi connectivity index (χ0v) is 22.4. The molecule has 36 heavy (non-hydrogen) atoms. The van der Waals surface area contributed by atoms with Crippen LogP contribution < -0.4 is 9.64 Å². The summed E-state index contributed by atoms with van der Waals surface area (Å²) in [6.45, 7) is 9.11. The summed E-state index contributed by atoms with van der Waals surface area (Å²) in [4.78, 5) is 20.3. The molecule has 1 aliphatic carbocycles. The van der Waals surface area contributed by atoms with Crippen LogP contribution in [0.25, 0.3) is 10.8 Å². The molecule has 1 heterocycles. The number of hydrogen-bond donors (Lipinski definition) is 1. The Morgan fingerprint density at radius 2 is 1.83 bits per heavy atom. The van der Waals surface area contributed by atoms with Crippen molar-refractivity contribution in [2.75, 3.05) is 18.6 Å². The summed E-state index contributed by atoms with van der Waals surface area (Å²) in [5.41, 5.74) is 3.33. The molecule has 1 aliphatic rings. The molecule has 0 radical (unpaired) electrons. The van der Waals surface area contributed by atoms with Crippen LogP contribution >= 0.6 is 0 Å². The average molecular weight is 489 g/mol. The number of aliphatic hydroxyl groups is 1. The SMILES string of the molecule is COc1ccc([C@H]2CC[C@H](CN(C(=O)CC(C)(C)C)c3nccc4cc(CO)ccc34)CC2)cc1C. The topological polar surface area (TPSA) is 62.7 Å². The Hall–Kier alpha value is -2.92. The Morgan fingerprint density at radius 3 is 2.47 bits per heavy atom. The zero-order chi connectivity index (χ0) is 25.9. The highest BCUT2D eigenvalue weighted by Crippen LogP contribution is 2.38. The number of anilines is 1. The predicted molar refractivity (Wildman–Crippen MR) is 147 cm³/mol. The molecule has 0 bridgehead atoms. The number of carbonyl (C=O) groups excluding carboxylic acids is 1. The molecule has 1 amide bonds. The van der Waals surface area contributed by atoms with E-state index in [2.05, 4.69) is 45.9 Å². The van der Waals surface area contributed by atoms with Crippen LogP contribution in [0.15, 0.2) is 48.7 Å². The van der Waals surface area contributed by atoms with Crippen LogP contribution in [-0.4, -0.2) is 29.7 Å². The van der Waals surface area contributed by atoms with Gasteiger partial charge in [-0.25, -0.2) is 4.98 Å². The summed E-state index contributed by atoms with van der Waals surface area (Å²) >= 11 is 0. The van der Waals surface area contributed by atoms with Crippen LogP contribution in [0.1, 0.15) is 75.5 Å². The maximum atomic E-state index is 13.6. The van der Waals surface area contributed by atoms with Crippen molar-refractivity contribution in [1.82, 2.24) is 4.98 Å². The quantitative estimate of drug-likeness (QED) is 0.398. The number of fused-ring (bicyclic) bond motifs is 1. The number of benzene rings is 2. The smallest absolute Gasteiger partial charge is 0.228 e. The van der Waals surface area contributed by atoms with E-state index in [0.29, 0.717) is 24.8 Å². The summed E-state index contributed by atoms with van der Waals surface area (Å²) in [6, 6.07) is 14.4. The molecule has 0 unspecified atom stereocenters. The molecule has 2 aromatic carbocycles. The second-order valence-electron chi connectivity index (χ2n) is 11.5.